The second kappa shape index (κ2) is 9.23. The van der Waals surface area contributed by atoms with E-state index in [4.69, 9.17) is 4.74 Å². The maximum absolute atomic E-state index is 12.2. The van der Waals surface area contributed by atoms with Crippen LogP contribution in [0.4, 0.5) is 5.69 Å². The van der Waals surface area contributed by atoms with Gasteiger partial charge in [0.1, 0.15) is 5.75 Å². The molecule has 0 saturated carbocycles. The van der Waals surface area contributed by atoms with Crippen LogP contribution in [-0.2, 0) is 21.4 Å². The number of ether oxygens (including phenoxy) is 1. The van der Waals surface area contributed by atoms with E-state index in [0.717, 1.165) is 11.1 Å². The number of benzene rings is 2. The predicted octanol–water partition coefficient (Wildman–Crippen LogP) is 2.64. The molecule has 2 rings (SSSR count). The number of rotatable bonds is 9. The summed E-state index contributed by atoms with van der Waals surface area (Å²) >= 11 is 0. The number of hydrogen-bond donors (Lipinski definition) is 1. The zero-order valence-electron chi connectivity index (χ0n) is 15.5. The molecule has 1 amide bonds. The molecule has 7 heteroatoms. The number of sulfonamides is 1. The van der Waals surface area contributed by atoms with Gasteiger partial charge in [-0.3, -0.25) is 9.10 Å². The lowest BCUT2D eigenvalue weighted by atomic mass is 10.1. The minimum atomic E-state index is -3.46. The standard InChI is InChI=1S/C20H24N2O4S/c1-4-13-21-20(23)15-26-19-11-9-18(10-12-19)22(27(3,24)25)14-17-7-5-16(2)6-8-17/h4-12H,1,13-15H2,2-3H3,(H,21,23). The summed E-state index contributed by atoms with van der Waals surface area (Å²) in [6.07, 6.45) is 2.76. The van der Waals surface area contributed by atoms with E-state index in [-0.39, 0.29) is 19.1 Å². The number of hydrogen-bond acceptors (Lipinski definition) is 4. The van der Waals surface area contributed by atoms with E-state index in [9.17, 15) is 13.2 Å². The topological polar surface area (TPSA) is 75.7 Å². The first-order valence-electron chi connectivity index (χ1n) is 8.43. The predicted molar refractivity (Wildman–Crippen MR) is 107 cm³/mol. The largest absolute Gasteiger partial charge is 0.484 e. The molecule has 27 heavy (non-hydrogen) atoms. The van der Waals surface area contributed by atoms with Crippen LogP contribution in [0.5, 0.6) is 5.75 Å². The maximum Gasteiger partial charge on any atom is 0.258 e. The minimum Gasteiger partial charge on any atom is -0.484 e. The zero-order valence-corrected chi connectivity index (χ0v) is 16.3. The number of aryl methyl sites for hydroxylation is 1. The van der Waals surface area contributed by atoms with Gasteiger partial charge in [0.15, 0.2) is 6.61 Å². The fourth-order valence-corrected chi connectivity index (χ4v) is 3.24. The first-order chi connectivity index (χ1) is 12.8. The molecular formula is C20H24N2O4S. The molecular weight excluding hydrogens is 364 g/mol. The molecule has 0 aliphatic heterocycles. The molecule has 1 N–H and O–H groups in total. The summed E-state index contributed by atoms with van der Waals surface area (Å²) in [5, 5.41) is 2.61. The van der Waals surface area contributed by atoms with Crippen LogP contribution in [0, 0.1) is 6.92 Å². The van der Waals surface area contributed by atoms with Crippen molar-refractivity contribution in [3.05, 3.63) is 72.3 Å². The average molecular weight is 388 g/mol. The average Bonchev–Trinajstić information content (AvgIpc) is 2.64. The Hall–Kier alpha value is -2.80. The van der Waals surface area contributed by atoms with Crippen LogP contribution in [0.3, 0.4) is 0 Å². The fourth-order valence-electron chi connectivity index (χ4n) is 2.35. The highest BCUT2D eigenvalue weighted by molar-refractivity contribution is 7.92. The minimum absolute atomic E-state index is 0.119. The summed E-state index contributed by atoms with van der Waals surface area (Å²) in [6, 6.07) is 14.3. The highest BCUT2D eigenvalue weighted by Gasteiger charge is 2.18. The van der Waals surface area contributed by atoms with E-state index in [2.05, 4.69) is 11.9 Å². The van der Waals surface area contributed by atoms with Crippen molar-refractivity contribution in [2.24, 2.45) is 0 Å². The molecule has 144 valence electrons. The molecule has 0 atom stereocenters. The SMILES string of the molecule is C=CCNC(=O)COc1ccc(N(Cc2ccc(C)cc2)S(C)(=O)=O)cc1. The smallest absolute Gasteiger partial charge is 0.258 e. The van der Waals surface area contributed by atoms with Gasteiger partial charge in [0.05, 0.1) is 18.5 Å². The van der Waals surface area contributed by atoms with Gasteiger partial charge in [-0.05, 0) is 36.8 Å². The van der Waals surface area contributed by atoms with Gasteiger partial charge in [0.25, 0.3) is 5.91 Å². The zero-order chi connectivity index (χ0) is 19.9. The Labute approximate surface area is 160 Å². The number of anilines is 1. The van der Waals surface area contributed by atoms with Gasteiger partial charge in [-0.15, -0.1) is 6.58 Å². The lowest BCUT2D eigenvalue weighted by Gasteiger charge is -2.23. The third-order valence-electron chi connectivity index (χ3n) is 3.79. The lowest BCUT2D eigenvalue weighted by Crippen LogP contribution is -2.29. The number of carbonyl (C=O) groups excluding carboxylic acids is 1. The Kier molecular flexibility index (Phi) is 7.01. The van der Waals surface area contributed by atoms with Gasteiger partial charge in [-0.2, -0.15) is 0 Å². The number of amides is 1. The Balaban J connectivity index is 2.09. The van der Waals surface area contributed by atoms with Crippen molar-refractivity contribution < 1.29 is 17.9 Å². The molecule has 6 nitrogen and oxygen atoms in total. The van der Waals surface area contributed by atoms with Gasteiger partial charge >= 0.3 is 0 Å². The molecule has 0 aliphatic rings. The van der Waals surface area contributed by atoms with Gasteiger partial charge < -0.3 is 10.1 Å². The van der Waals surface area contributed by atoms with Crippen LogP contribution in [0.15, 0.2) is 61.2 Å². The summed E-state index contributed by atoms with van der Waals surface area (Å²) in [5.74, 6) is 0.229. The number of nitrogens with one attached hydrogen (secondary N) is 1. The van der Waals surface area contributed by atoms with Crippen LogP contribution >= 0.6 is 0 Å². The molecule has 0 fully saturated rings. The van der Waals surface area contributed by atoms with Crippen molar-refractivity contribution in [1.82, 2.24) is 5.32 Å². The van der Waals surface area contributed by atoms with E-state index in [1.165, 1.54) is 10.6 Å². The van der Waals surface area contributed by atoms with E-state index in [1.54, 1.807) is 30.3 Å². The van der Waals surface area contributed by atoms with E-state index in [1.807, 2.05) is 31.2 Å². The molecule has 0 unspecified atom stereocenters. The second-order valence-corrected chi connectivity index (χ2v) is 8.04. The molecule has 0 radical (unpaired) electrons. The molecule has 0 aromatic heterocycles. The Morgan fingerprint density at radius 1 is 1.15 bits per heavy atom. The highest BCUT2D eigenvalue weighted by atomic mass is 32.2. The second-order valence-electron chi connectivity index (χ2n) is 6.13. The van der Waals surface area contributed by atoms with Crippen LogP contribution in [0.25, 0.3) is 0 Å². The van der Waals surface area contributed by atoms with Crippen LogP contribution in [0.2, 0.25) is 0 Å². The first-order valence-corrected chi connectivity index (χ1v) is 10.3. The summed E-state index contributed by atoms with van der Waals surface area (Å²) < 4.78 is 31.2. The van der Waals surface area contributed by atoms with Crippen molar-refractivity contribution in [3.8, 4) is 5.75 Å². The fraction of sp³-hybridized carbons (Fsp3) is 0.250. The molecule has 0 spiro atoms. The van der Waals surface area contributed by atoms with Gasteiger partial charge in [0.2, 0.25) is 10.0 Å². The quantitative estimate of drug-likeness (QED) is 0.670. The third-order valence-corrected chi connectivity index (χ3v) is 4.93. The highest BCUT2D eigenvalue weighted by Crippen LogP contribution is 2.23. The molecule has 0 aliphatic carbocycles. The van der Waals surface area contributed by atoms with Crippen LogP contribution in [0.1, 0.15) is 11.1 Å². The van der Waals surface area contributed by atoms with Crippen molar-refractivity contribution in [1.29, 1.82) is 0 Å². The third kappa shape index (κ3) is 6.45. The first kappa shape index (κ1) is 20.5. The Morgan fingerprint density at radius 3 is 2.33 bits per heavy atom. The molecule has 0 heterocycles. The Morgan fingerprint density at radius 2 is 1.78 bits per heavy atom. The molecule has 0 saturated heterocycles. The van der Waals surface area contributed by atoms with Crippen molar-refractivity contribution in [2.45, 2.75) is 13.5 Å². The van der Waals surface area contributed by atoms with Gasteiger partial charge in [0, 0.05) is 6.54 Å². The van der Waals surface area contributed by atoms with Gasteiger partial charge in [-0.1, -0.05) is 35.9 Å². The summed E-state index contributed by atoms with van der Waals surface area (Å²) in [7, 11) is -3.46. The van der Waals surface area contributed by atoms with E-state index < -0.39 is 10.0 Å². The number of carbonyl (C=O) groups is 1. The maximum atomic E-state index is 12.2. The normalized spacial score (nSPS) is 10.9. The van der Waals surface area contributed by atoms with Crippen molar-refractivity contribution in [3.63, 3.8) is 0 Å². The van der Waals surface area contributed by atoms with E-state index in [0.29, 0.717) is 18.0 Å². The summed E-state index contributed by atoms with van der Waals surface area (Å²) in [5.41, 5.74) is 2.54. The van der Waals surface area contributed by atoms with Gasteiger partial charge in [-0.25, -0.2) is 8.42 Å². The molecule has 2 aromatic carbocycles. The van der Waals surface area contributed by atoms with Crippen molar-refractivity contribution >= 4 is 21.6 Å². The number of nitrogens with zero attached hydrogens (tertiary/aromatic N) is 1. The molecule has 2 aromatic rings. The Bertz CT molecular complexity index is 875. The van der Waals surface area contributed by atoms with Crippen LogP contribution < -0.4 is 14.4 Å². The summed E-state index contributed by atoms with van der Waals surface area (Å²) in [6.45, 7) is 6.00. The van der Waals surface area contributed by atoms with Crippen LogP contribution in [-0.4, -0.2) is 33.7 Å². The monoisotopic (exact) mass is 388 g/mol. The van der Waals surface area contributed by atoms with Crippen molar-refractivity contribution in [2.75, 3.05) is 23.7 Å². The lowest BCUT2D eigenvalue weighted by molar-refractivity contribution is -0.122. The summed E-state index contributed by atoms with van der Waals surface area (Å²) in [4.78, 5) is 11.5. The molecule has 0 bridgehead atoms. The van der Waals surface area contributed by atoms with E-state index >= 15 is 0 Å².